The number of amides is 2. The second-order valence-electron chi connectivity index (χ2n) is 12.2. The van der Waals surface area contributed by atoms with Crippen molar-refractivity contribution in [1.82, 2.24) is 23.7 Å². The van der Waals surface area contributed by atoms with E-state index >= 15 is 0 Å². The van der Waals surface area contributed by atoms with E-state index in [-0.39, 0.29) is 48.5 Å². The lowest BCUT2D eigenvalue weighted by Crippen LogP contribution is -2.63. The number of aliphatic hydroxyl groups excluding tert-OH is 1. The maximum atomic E-state index is 13.6. The Morgan fingerprint density at radius 1 is 1.04 bits per heavy atom. The van der Waals surface area contributed by atoms with E-state index < -0.39 is 56.1 Å². The molecule has 2 aliphatic heterocycles. The average molecular weight is 802 g/mol. The first-order valence-electron chi connectivity index (χ1n) is 16.1. The highest BCUT2D eigenvalue weighted by atomic mass is 32.2. The van der Waals surface area contributed by atoms with Crippen molar-refractivity contribution in [2.75, 3.05) is 12.3 Å². The molecule has 0 saturated carbocycles. The second-order valence-corrected chi connectivity index (χ2v) is 15.8. The van der Waals surface area contributed by atoms with Crippen LogP contribution in [-0.4, -0.2) is 80.1 Å². The number of thiazole rings is 1. The molecule has 1 saturated heterocycles. The van der Waals surface area contributed by atoms with Crippen LogP contribution in [-0.2, 0) is 42.5 Å². The van der Waals surface area contributed by atoms with Gasteiger partial charge < -0.3 is 19.5 Å². The highest BCUT2D eigenvalue weighted by Gasteiger charge is 2.60. The van der Waals surface area contributed by atoms with Gasteiger partial charge in [-0.1, -0.05) is 6.92 Å². The van der Waals surface area contributed by atoms with Gasteiger partial charge in [-0.25, -0.2) is 19.3 Å². The van der Waals surface area contributed by atoms with Crippen molar-refractivity contribution >= 4 is 73.1 Å². The number of hydrogen-bond donors (Lipinski definition) is 3. The summed E-state index contributed by atoms with van der Waals surface area (Å²) in [6.45, 7) is 2.77. The van der Waals surface area contributed by atoms with Crippen molar-refractivity contribution in [3.05, 3.63) is 103 Å². The topological polar surface area (TPSA) is 255 Å². The van der Waals surface area contributed by atoms with Gasteiger partial charge in [-0.3, -0.25) is 29.4 Å². The number of nitro groups is 2. The summed E-state index contributed by atoms with van der Waals surface area (Å²) in [4.78, 5) is 66.7. The zero-order chi connectivity index (χ0) is 38.9. The van der Waals surface area contributed by atoms with Crippen molar-refractivity contribution in [1.29, 1.82) is 0 Å². The third-order valence-electron chi connectivity index (χ3n) is 8.70. The van der Waals surface area contributed by atoms with Crippen LogP contribution in [0.4, 0.5) is 16.2 Å². The zero-order valence-electron chi connectivity index (χ0n) is 28.3. The quantitative estimate of drug-likeness (QED) is 0.0389. The van der Waals surface area contributed by atoms with Crippen LogP contribution in [0.15, 0.2) is 71.8 Å². The van der Waals surface area contributed by atoms with Crippen LogP contribution in [0.1, 0.15) is 29.9 Å². The molecule has 6 rings (SSSR count). The van der Waals surface area contributed by atoms with Gasteiger partial charge >= 0.3 is 22.3 Å². The number of esters is 1. The van der Waals surface area contributed by atoms with Gasteiger partial charge in [0.15, 0.2) is 0 Å². The van der Waals surface area contributed by atoms with Crippen LogP contribution in [0.2, 0.25) is 0 Å². The van der Waals surface area contributed by atoms with E-state index in [0.717, 1.165) is 0 Å². The summed E-state index contributed by atoms with van der Waals surface area (Å²) in [5.41, 5.74) is 1.26. The number of imidazole rings is 1. The molecule has 0 bridgehead atoms. The molecule has 1 fully saturated rings. The number of thioether (sulfide) groups is 1. The summed E-state index contributed by atoms with van der Waals surface area (Å²) in [6.07, 6.45) is 1.11. The molecule has 4 atom stereocenters. The highest BCUT2D eigenvalue weighted by Crippen LogP contribution is 2.52. The van der Waals surface area contributed by atoms with Crippen LogP contribution in [0.3, 0.4) is 0 Å². The lowest BCUT2D eigenvalue weighted by atomic mass is 9.77. The molecule has 0 unspecified atom stereocenters. The molecule has 19 nitrogen and oxygen atoms in total. The number of fused-ring (bicyclic) bond motifs is 2. The van der Waals surface area contributed by atoms with Crippen LogP contribution < -0.4 is 9.44 Å². The normalized spacial score (nSPS) is 18.6. The predicted molar refractivity (Wildman–Crippen MR) is 192 cm³/mol. The molecular formula is C32H31N7O12S3. The molecule has 0 radical (unpaired) electrons. The Labute approximate surface area is 314 Å². The summed E-state index contributed by atoms with van der Waals surface area (Å²) in [7, 11) is -4.29. The summed E-state index contributed by atoms with van der Waals surface area (Å²) < 4.78 is 41.0. The lowest BCUT2D eigenvalue weighted by molar-refractivity contribution is -0.385. The first-order valence-corrected chi connectivity index (χ1v) is 19.4. The summed E-state index contributed by atoms with van der Waals surface area (Å²) in [5, 5.41) is 32.7. The van der Waals surface area contributed by atoms with E-state index in [1.54, 1.807) is 21.6 Å². The Kier molecular flexibility index (Phi) is 11.0. The summed E-state index contributed by atoms with van der Waals surface area (Å²) in [6, 6.07) is 10.2. The Balaban J connectivity index is 1.10. The fourth-order valence-electron chi connectivity index (χ4n) is 6.18. The number of hydrogen-bond acceptors (Lipinski definition) is 15. The minimum absolute atomic E-state index is 0.0520. The van der Waals surface area contributed by atoms with Gasteiger partial charge in [0.05, 0.1) is 32.8 Å². The maximum Gasteiger partial charge on any atom is 0.422 e. The predicted octanol–water partition coefficient (Wildman–Crippen LogP) is 3.38. The Morgan fingerprint density at radius 2 is 1.63 bits per heavy atom. The largest absolute Gasteiger partial charge is 0.456 e. The minimum Gasteiger partial charge on any atom is -0.456 e. The fraction of sp³-hybridized carbons (Fsp3) is 0.312. The number of nitro benzene ring substituents is 2. The number of rotatable bonds is 15. The number of β-lactam (4-membered cyclic amide) rings is 1. The van der Waals surface area contributed by atoms with Crippen LogP contribution in [0, 0.1) is 32.1 Å². The fourth-order valence-corrected chi connectivity index (χ4v) is 9.19. The van der Waals surface area contributed by atoms with Gasteiger partial charge in [0.25, 0.3) is 11.4 Å². The highest BCUT2D eigenvalue weighted by molar-refractivity contribution is 7.99. The van der Waals surface area contributed by atoms with Gasteiger partial charge in [-0.05, 0) is 42.3 Å². The van der Waals surface area contributed by atoms with Gasteiger partial charge in [-0.15, -0.1) is 23.1 Å². The van der Waals surface area contributed by atoms with E-state index in [0.29, 0.717) is 31.4 Å². The summed E-state index contributed by atoms with van der Waals surface area (Å²) >= 11 is 2.53. The first-order chi connectivity index (χ1) is 25.6. The number of aromatic nitrogens is 2. The SMILES string of the molecule is C[C@@H](O)[C@H]1C(=O)N2C(C(=O)OCc3ccc([N+](=O)[O-])cc3)=C(c3cn4cnc(SCCNS(=O)(=O)NC(=O)OCc5ccc([N+](=O)[O-])cc5)c4s3)[C@H](C)[C@H]12. The Hall–Kier alpha value is -5.42. The molecule has 54 heavy (non-hydrogen) atoms. The smallest absolute Gasteiger partial charge is 0.422 e. The Morgan fingerprint density at radius 3 is 2.20 bits per heavy atom. The molecular weight excluding hydrogens is 771 g/mol. The standard InChI is InChI=1S/C32H31N7O12S3/c1-17-24(27(37-26(17)25(18(2)40)29(37)41)31(42)50-14-19-3-7-21(8-4-19)38(44)45)23-13-36-16-33-28(30(36)53-23)52-12-11-34-54(48,49)35-32(43)51-15-20-5-9-22(10-6-20)39(46)47/h3-10,13,16-18,25-26,34,40H,11-12,14-15H2,1-2H3,(H,35,43)/t17-,18+,25+,26+/m0/s1. The van der Waals surface area contributed by atoms with Crippen molar-refractivity contribution < 1.29 is 47.2 Å². The van der Waals surface area contributed by atoms with E-state index in [9.17, 15) is 48.1 Å². The molecule has 284 valence electrons. The van der Waals surface area contributed by atoms with Crippen LogP contribution in [0.5, 0.6) is 0 Å². The number of carbonyl (C=O) groups excluding carboxylic acids is 3. The first kappa shape index (κ1) is 38.3. The number of carbonyl (C=O) groups is 3. The van der Waals surface area contributed by atoms with Gasteiger partial charge in [0.1, 0.15) is 35.1 Å². The Bertz CT molecular complexity index is 2270. The molecule has 2 amide bonds. The molecule has 3 N–H and O–H groups in total. The molecule has 0 spiro atoms. The average Bonchev–Trinajstić information content (AvgIpc) is 3.78. The van der Waals surface area contributed by atoms with Gasteiger partial charge in [-0.2, -0.15) is 13.1 Å². The minimum atomic E-state index is -4.29. The maximum absolute atomic E-state index is 13.6. The van der Waals surface area contributed by atoms with Gasteiger partial charge in [0, 0.05) is 54.3 Å². The molecule has 0 aliphatic carbocycles. The molecule has 4 heterocycles. The number of benzene rings is 2. The van der Waals surface area contributed by atoms with Crippen molar-refractivity contribution in [2.24, 2.45) is 11.8 Å². The van der Waals surface area contributed by atoms with Crippen molar-refractivity contribution in [2.45, 2.75) is 44.2 Å². The van der Waals surface area contributed by atoms with Crippen molar-refractivity contribution in [3.8, 4) is 0 Å². The summed E-state index contributed by atoms with van der Waals surface area (Å²) in [5.74, 6) is -2.05. The van der Waals surface area contributed by atoms with E-state index in [2.05, 4.69) is 9.71 Å². The number of aliphatic hydroxyl groups is 1. The lowest BCUT2D eigenvalue weighted by Gasteiger charge is -2.46. The monoisotopic (exact) mass is 801 g/mol. The van der Waals surface area contributed by atoms with Crippen LogP contribution in [0.25, 0.3) is 10.4 Å². The second kappa shape index (κ2) is 15.5. The number of nitrogens with zero attached hydrogens (tertiary/aromatic N) is 5. The van der Waals surface area contributed by atoms with E-state index in [1.807, 2.05) is 6.92 Å². The number of non-ortho nitro benzene ring substituents is 2. The number of nitrogens with one attached hydrogen (secondary N) is 2. The molecule has 4 aromatic rings. The third-order valence-corrected chi connectivity index (χ3v) is 12.0. The molecule has 2 aromatic heterocycles. The van der Waals surface area contributed by atoms with Gasteiger partial charge in [0.2, 0.25) is 5.91 Å². The molecule has 22 heteroatoms. The van der Waals surface area contributed by atoms with Crippen molar-refractivity contribution in [3.63, 3.8) is 0 Å². The number of ether oxygens (including phenoxy) is 2. The zero-order valence-corrected chi connectivity index (χ0v) is 30.8. The molecule has 2 aromatic carbocycles. The van der Waals surface area contributed by atoms with E-state index in [4.69, 9.17) is 9.47 Å². The van der Waals surface area contributed by atoms with E-state index in [1.165, 1.54) is 83.5 Å². The third kappa shape index (κ3) is 7.91. The molecule has 2 aliphatic rings. The van der Waals surface area contributed by atoms with Crippen LogP contribution >= 0.6 is 23.1 Å².